The van der Waals surface area contributed by atoms with Crippen LogP contribution in [0, 0.1) is 13.8 Å². The summed E-state index contributed by atoms with van der Waals surface area (Å²) in [4.78, 5) is 15.9. The number of imidazole rings is 1. The molecular weight excluding hydrogens is 338 g/mol. The van der Waals surface area contributed by atoms with E-state index in [2.05, 4.69) is 23.6 Å². The number of aryl methyl sites for hydroxylation is 2. The Labute approximate surface area is 159 Å². The Balaban J connectivity index is 2.05. The van der Waals surface area contributed by atoms with Crippen molar-refractivity contribution in [3.8, 4) is 11.3 Å². The summed E-state index contributed by atoms with van der Waals surface area (Å²) in [5, 5.41) is 8.63. The molecule has 1 atom stereocenters. The van der Waals surface area contributed by atoms with Crippen LogP contribution >= 0.6 is 0 Å². The van der Waals surface area contributed by atoms with Crippen LogP contribution in [0.15, 0.2) is 60.7 Å². The zero-order valence-corrected chi connectivity index (χ0v) is 15.7. The summed E-state index contributed by atoms with van der Waals surface area (Å²) in [5.74, 6) is 0.398. The highest BCUT2D eigenvalue weighted by molar-refractivity contribution is 5.91. The van der Waals surface area contributed by atoms with E-state index in [1.807, 2.05) is 56.3 Å². The van der Waals surface area contributed by atoms with Crippen LogP contribution in [0.2, 0.25) is 0 Å². The van der Waals surface area contributed by atoms with Crippen LogP contribution in [0.3, 0.4) is 0 Å². The number of benzene rings is 2. The first-order valence-electron chi connectivity index (χ1n) is 8.84. The molecule has 3 rings (SSSR count). The lowest BCUT2D eigenvalue weighted by atomic mass is 10.0. The van der Waals surface area contributed by atoms with E-state index in [1.165, 1.54) is 11.6 Å². The molecule has 0 spiro atoms. The maximum Gasteiger partial charge on any atom is 0.267 e. The summed E-state index contributed by atoms with van der Waals surface area (Å²) in [6, 6.07) is 18.4. The third-order valence-corrected chi connectivity index (χ3v) is 4.63. The van der Waals surface area contributed by atoms with Gasteiger partial charge >= 0.3 is 0 Å². The molecule has 0 radical (unpaired) electrons. The minimum Gasteiger partial charge on any atom is -0.321 e. The van der Waals surface area contributed by atoms with E-state index < -0.39 is 5.91 Å². The van der Waals surface area contributed by atoms with E-state index in [9.17, 15) is 4.79 Å². The molecule has 0 saturated heterocycles. The van der Waals surface area contributed by atoms with Crippen LogP contribution in [-0.2, 0) is 4.79 Å². The minimum atomic E-state index is -0.560. The van der Waals surface area contributed by atoms with Gasteiger partial charge in [-0.15, -0.1) is 0 Å². The SMILES string of the molecule is Cc1nc(C)n(C(C)c2ccccc2)c1-c1cccc(/C=C/C(=O)NO)c1. The van der Waals surface area contributed by atoms with E-state index in [-0.39, 0.29) is 6.04 Å². The topological polar surface area (TPSA) is 67.2 Å². The number of hydroxylamine groups is 1. The highest BCUT2D eigenvalue weighted by Crippen LogP contribution is 2.31. The number of nitrogens with one attached hydrogen (secondary N) is 1. The fraction of sp³-hybridized carbons (Fsp3) is 0.182. The number of aromatic nitrogens is 2. The van der Waals surface area contributed by atoms with Gasteiger partial charge in [-0.05, 0) is 44.0 Å². The Morgan fingerprint density at radius 3 is 2.59 bits per heavy atom. The normalized spacial score (nSPS) is 12.3. The highest BCUT2D eigenvalue weighted by Gasteiger charge is 2.19. The number of amides is 1. The van der Waals surface area contributed by atoms with Gasteiger partial charge in [0.2, 0.25) is 0 Å². The molecule has 5 nitrogen and oxygen atoms in total. The molecule has 1 amide bonds. The first-order valence-corrected chi connectivity index (χ1v) is 8.84. The molecule has 1 heterocycles. The average molecular weight is 361 g/mol. The molecule has 0 saturated carbocycles. The molecule has 0 fully saturated rings. The largest absolute Gasteiger partial charge is 0.321 e. The Morgan fingerprint density at radius 1 is 1.15 bits per heavy atom. The van der Waals surface area contributed by atoms with Crippen molar-refractivity contribution in [2.45, 2.75) is 26.8 Å². The number of carbonyl (C=O) groups is 1. The Morgan fingerprint density at radius 2 is 1.89 bits per heavy atom. The van der Waals surface area contributed by atoms with Crippen molar-refractivity contribution >= 4 is 12.0 Å². The second-order valence-corrected chi connectivity index (χ2v) is 6.48. The van der Waals surface area contributed by atoms with Crippen LogP contribution < -0.4 is 5.48 Å². The smallest absolute Gasteiger partial charge is 0.267 e. The van der Waals surface area contributed by atoms with E-state index in [0.29, 0.717) is 0 Å². The quantitative estimate of drug-likeness (QED) is 0.405. The fourth-order valence-corrected chi connectivity index (χ4v) is 3.39. The van der Waals surface area contributed by atoms with Gasteiger partial charge in [-0.25, -0.2) is 10.5 Å². The second-order valence-electron chi connectivity index (χ2n) is 6.48. The maximum atomic E-state index is 11.2. The molecule has 27 heavy (non-hydrogen) atoms. The number of rotatable bonds is 5. The molecule has 138 valence electrons. The number of hydrogen-bond acceptors (Lipinski definition) is 3. The summed E-state index contributed by atoms with van der Waals surface area (Å²) in [7, 11) is 0. The van der Waals surface area contributed by atoms with E-state index in [4.69, 9.17) is 10.2 Å². The minimum absolute atomic E-state index is 0.141. The molecule has 2 N–H and O–H groups in total. The Kier molecular flexibility index (Phi) is 5.52. The van der Waals surface area contributed by atoms with Crippen LogP contribution in [0.25, 0.3) is 17.3 Å². The molecule has 0 aliphatic carbocycles. The van der Waals surface area contributed by atoms with Crippen molar-refractivity contribution in [1.82, 2.24) is 15.0 Å². The lowest BCUT2D eigenvalue weighted by Gasteiger charge is -2.20. The zero-order chi connectivity index (χ0) is 19.4. The predicted octanol–water partition coefficient (Wildman–Crippen LogP) is 4.29. The first kappa shape index (κ1) is 18.6. The molecule has 5 heteroatoms. The van der Waals surface area contributed by atoms with Crippen molar-refractivity contribution in [2.75, 3.05) is 0 Å². The van der Waals surface area contributed by atoms with E-state index in [1.54, 1.807) is 11.6 Å². The molecule has 0 aliphatic rings. The molecule has 3 aromatic rings. The predicted molar refractivity (Wildman–Crippen MR) is 106 cm³/mol. The number of carbonyl (C=O) groups excluding carboxylic acids is 1. The van der Waals surface area contributed by atoms with Crippen molar-refractivity contribution in [2.24, 2.45) is 0 Å². The summed E-state index contributed by atoms with van der Waals surface area (Å²) < 4.78 is 2.24. The first-order chi connectivity index (χ1) is 13.0. The van der Waals surface area contributed by atoms with Crippen molar-refractivity contribution in [3.63, 3.8) is 0 Å². The van der Waals surface area contributed by atoms with Gasteiger partial charge in [0, 0.05) is 11.6 Å². The highest BCUT2D eigenvalue weighted by atomic mass is 16.5. The molecule has 2 aromatic carbocycles. The van der Waals surface area contributed by atoms with Gasteiger partial charge in [0.15, 0.2) is 0 Å². The Bertz CT molecular complexity index is 974. The fourth-order valence-electron chi connectivity index (χ4n) is 3.39. The summed E-state index contributed by atoms with van der Waals surface area (Å²) >= 11 is 0. The molecule has 0 aliphatic heterocycles. The average Bonchev–Trinajstić information content (AvgIpc) is 3.00. The van der Waals surface area contributed by atoms with Crippen molar-refractivity contribution in [1.29, 1.82) is 0 Å². The van der Waals surface area contributed by atoms with Crippen LogP contribution in [0.5, 0.6) is 0 Å². The summed E-state index contributed by atoms with van der Waals surface area (Å²) in [5.41, 5.74) is 6.74. The Hall–Kier alpha value is -3.18. The zero-order valence-electron chi connectivity index (χ0n) is 15.7. The standard InChI is InChI=1S/C22H23N3O2/c1-15-22(20-11-7-8-18(14-20)12-13-21(26)24-27)25(17(3)23-15)16(2)19-9-5-4-6-10-19/h4-14,16,27H,1-3H3,(H,24,26)/b13-12+. The lowest BCUT2D eigenvalue weighted by molar-refractivity contribution is -0.124. The summed E-state index contributed by atoms with van der Waals surface area (Å²) in [6.07, 6.45) is 2.96. The van der Waals surface area contributed by atoms with Crippen LogP contribution in [0.1, 0.15) is 35.6 Å². The van der Waals surface area contributed by atoms with E-state index >= 15 is 0 Å². The van der Waals surface area contributed by atoms with Gasteiger partial charge in [-0.2, -0.15) is 0 Å². The third kappa shape index (κ3) is 3.99. The second kappa shape index (κ2) is 8.01. The van der Waals surface area contributed by atoms with Crippen molar-refractivity contribution < 1.29 is 10.0 Å². The molecular formula is C22H23N3O2. The molecule has 1 aromatic heterocycles. The van der Waals surface area contributed by atoms with Gasteiger partial charge < -0.3 is 4.57 Å². The lowest BCUT2D eigenvalue weighted by Crippen LogP contribution is -2.14. The number of nitrogens with zero attached hydrogens (tertiary/aromatic N) is 2. The molecule has 1 unspecified atom stereocenters. The van der Waals surface area contributed by atoms with Gasteiger partial charge in [0.25, 0.3) is 5.91 Å². The van der Waals surface area contributed by atoms with Crippen LogP contribution in [-0.4, -0.2) is 20.7 Å². The monoisotopic (exact) mass is 361 g/mol. The third-order valence-electron chi connectivity index (χ3n) is 4.63. The van der Waals surface area contributed by atoms with Gasteiger partial charge in [-0.3, -0.25) is 10.0 Å². The maximum absolute atomic E-state index is 11.2. The number of hydrogen-bond donors (Lipinski definition) is 2. The van der Waals surface area contributed by atoms with Crippen LogP contribution in [0.4, 0.5) is 0 Å². The van der Waals surface area contributed by atoms with E-state index in [0.717, 1.165) is 28.3 Å². The van der Waals surface area contributed by atoms with Crippen molar-refractivity contribution in [3.05, 3.63) is 83.3 Å². The molecule has 0 bridgehead atoms. The van der Waals surface area contributed by atoms with Gasteiger partial charge in [0.05, 0.1) is 17.4 Å². The summed E-state index contributed by atoms with van der Waals surface area (Å²) in [6.45, 7) is 6.20. The van der Waals surface area contributed by atoms with Gasteiger partial charge in [0.1, 0.15) is 5.82 Å². The van der Waals surface area contributed by atoms with Gasteiger partial charge in [-0.1, -0.05) is 48.5 Å².